The molecule has 0 amide bonds. The highest BCUT2D eigenvalue weighted by molar-refractivity contribution is 6.30. The van der Waals surface area contributed by atoms with E-state index < -0.39 is 0 Å². The number of benzene rings is 1. The second kappa shape index (κ2) is 3.56. The summed E-state index contributed by atoms with van der Waals surface area (Å²) < 4.78 is 5.58. The molecule has 0 radical (unpaired) electrons. The highest BCUT2D eigenvalue weighted by Gasteiger charge is 2.21. The number of aliphatic hydroxyl groups excluding tert-OH is 1. The highest BCUT2D eigenvalue weighted by Crippen LogP contribution is 2.31. The predicted molar refractivity (Wildman–Crippen MR) is 51.3 cm³/mol. The van der Waals surface area contributed by atoms with Crippen molar-refractivity contribution in [2.75, 3.05) is 6.61 Å². The second-order valence-corrected chi connectivity index (χ2v) is 3.64. The van der Waals surface area contributed by atoms with E-state index >= 15 is 0 Å². The van der Waals surface area contributed by atoms with E-state index in [-0.39, 0.29) is 12.7 Å². The van der Waals surface area contributed by atoms with Crippen LogP contribution in [0.1, 0.15) is 12.0 Å². The van der Waals surface area contributed by atoms with Gasteiger partial charge in [0.05, 0.1) is 0 Å². The van der Waals surface area contributed by atoms with Crippen molar-refractivity contribution in [3.8, 4) is 5.75 Å². The number of fused-ring (bicyclic) bond motifs is 1. The van der Waals surface area contributed by atoms with Gasteiger partial charge in [-0.15, -0.1) is 0 Å². The molecule has 2 rings (SSSR count). The van der Waals surface area contributed by atoms with E-state index in [0.717, 1.165) is 22.8 Å². The van der Waals surface area contributed by atoms with E-state index in [1.54, 1.807) is 0 Å². The quantitative estimate of drug-likeness (QED) is 0.788. The third kappa shape index (κ3) is 1.79. The Kier molecular flexibility index (Phi) is 2.42. The van der Waals surface area contributed by atoms with Crippen LogP contribution in [-0.4, -0.2) is 17.8 Å². The van der Waals surface area contributed by atoms with Gasteiger partial charge in [-0.05, 0) is 23.8 Å². The van der Waals surface area contributed by atoms with E-state index in [0.29, 0.717) is 6.42 Å². The molecule has 0 spiro atoms. The SMILES string of the molecule is OCCC1Cc2cc(Cl)ccc2O1. The van der Waals surface area contributed by atoms with Crippen molar-refractivity contribution in [2.45, 2.75) is 18.9 Å². The zero-order chi connectivity index (χ0) is 9.26. The van der Waals surface area contributed by atoms with Crippen LogP contribution in [0.5, 0.6) is 5.75 Å². The van der Waals surface area contributed by atoms with Crippen molar-refractivity contribution in [1.82, 2.24) is 0 Å². The fourth-order valence-electron chi connectivity index (χ4n) is 1.59. The van der Waals surface area contributed by atoms with Crippen molar-refractivity contribution in [3.05, 3.63) is 28.8 Å². The van der Waals surface area contributed by atoms with Crippen LogP contribution >= 0.6 is 11.6 Å². The lowest BCUT2D eigenvalue weighted by Gasteiger charge is -2.07. The van der Waals surface area contributed by atoms with Gasteiger partial charge in [0.2, 0.25) is 0 Å². The normalized spacial score (nSPS) is 19.7. The lowest BCUT2D eigenvalue weighted by molar-refractivity contribution is 0.175. The molecule has 0 aromatic heterocycles. The molecule has 0 saturated carbocycles. The summed E-state index contributed by atoms with van der Waals surface area (Å²) in [5, 5.41) is 9.50. The van der Waals surface area contributed by atoms with Crippen LogP contribution in [0.25, 0.3) is 0 Å². The first-order chi connectivity index (χ1) is 6.29. The van der Waals surface area contributed by atoms with Gasteiger partial charge in [-0.2, -0.15) is 0 Å². The molecule has 1 aromatic rings. The van der Waals surface area contributed by atoms with Crippen molar-refractivity contribution >= 4 is 11.6 Å². The van der Waals surface area contributed by atoms with Gasteiger partial charge in [0.1, 0.15) is 11.9 Å². The molecular formula is C10H11ClO2. The Labute approximate surface area is 82.1 Å². The van der Waals surface area contributed by atoms with Crippen LogP contribution in [0.4, 0.5) is 0 Å². The fraction of sp³-hybridized carbons (Fsp3) is 0.400. The topological polar surface area (TPSA) is 29.5 Å². The molecular weight excluding hydrogens is 188 g/mol. The first kappa shape index (κ1) is 8.85. The minimum absolute atomic E-state index is 0.124. The first-order valence-electron chi connectivity index (χ1n) is 4.35. The summed E-state index contributed by atoms with van der Waals surface area (Å²) in [5.41, 5.74) is 1.14. The van der Waals surface area contributed by atoms with Crippen LogP contribution < -0.4 is 4.74 Å². The Morgan fingerprint density at radius 1 is 1.54 bits per heavy atom. The maximum atomic E-state index is 8.75. The lowest BCUT2D eigenvalue weighted by Crippen LogP contribution is -2.14. The number of hydrogen-bond donors (Lipinski definition) is 1. The Morgan fingerprint density at radius 3 is 3.15 bits per heavy atom. The third-order valence-corrected chi connectivity index (χ3v) is 2.45. The number of ether oxygens (including phenoxy) is 1. The molecule has 0 fully saturated rings. The maximum absolute atomic E-state index is 8.75. The van der Waals surface area contributed by atoms with Crippen LogP contribution in [-0.2, 0) is 6.42 Å². The Balaban J connectivity index is 2.16. The largest absolute Gasteiger partial charge is 0.490 e. The highest BCUT2D eigenvalue weighted by atomic mass is 35.5. The molecule has 1 atom stereocenters. The fourth-order valence-corrected chi connectivity index (χ4v) is 1.79. The monoisotopic (exact) mass is 198 g/mol. The molecule has 0 aliphatic carbocycles. The summed E-state index contributed by atoms with van der Waals surface area (Å²) in [7, 11) is 0. The third-order valence-electron chi connectivity index (χ3n) is 2.21. The van der Waals surface area contributed by atoms with Gasteiger partial charge in [0.15, 0.2) is 0 Å². The molecule has 1 aliphatic rings. The van der Waals surface area contributed by atoms with Gasteiger partial charge >= 0.3 is 0 Å². The van der Waals surface area contributed by atoms with Crippen molar-refractivity contribution in [3.63, 3.8) is 0 Å². The number of aliphatic hydroxyl groups is 1. The van der Waals surface area contributed by atoms with Crippen LogP contribution in [0, 0.1) is 0 Å². The van der Waals surface area contributed by atoms with E-state index in [1.807, 2.05) is 18.2 Å². The van der Waals surface area contributed by atoms with E-state index in [2.05, 4.69) is 0 Å². The van der Waals surface area contributed by atoms with Crippen molar-refractivity contribution in [1.29, 1.82) is 0 Å². The standard InChI is InChI=1S/C10H11ClO2/c11-8-1-2-10-7(5-8)6-9(13-10)3-4-12/h1-2,5,9,12H,3-4,6H2. The molecule has 1 aromatic carbocycles. The zero-order valence-electron chi connectivity index (χ0n) is 7.16. The van der Waals surface area contributed by atoms with Crippen molar-refractivity contribution < 1.29 is 9.84 Å². The minimum atomic E-state index is 0.124. The molecule has 1 aliphatic heterocycles. The number of halogens is 1. The number of rotatable bonds is 2. The summed E-state index contributed by atoms with van der Waals surface area (Å²) in [6.45, 7) is 0.173. The van der Waals surface area contributed by atoms with Crippen LogP contribution in [0.3, 0.4) is 0 Å². The van der Waals surface area contributed by atoms with Crippen LogP contribution in [0.15, 0.2) is 18.2 Å². The van der Waals surface area contributed by atoms with Gasteiger partial charge in [0.25, 0.3) is 0 Å². The van der Waals surface area contributed by atoms with Gasteiger partial charge in [-0.1, -0.05) is 11.6 Å². The summed E-state index contributed by atoms with van der Waals surface area (Å²) >= 11 is 5.84. The van der Waals surface area contributed by atoms with Gasteiger partial charge in [-0.3, -0.25) is 0 Å². The van der Waals surface area contributed by atoms with Gasteiger partial charge in [-0.25, -0.2) is 0 Å². The van der Waals surface area contributed by atoms with Crippen LogP contribution in [0.2, 0.25) is 5.02 Å². The molecule has 1 unspecified atom stereocenters. The summed E-state index contributed by atoms with van der Waals surface area (Å²) in [6.07, 6.45) is 1.67. The molecule has 3 heteroatoms. The Bertz CT molecular complexity index is 312. The first-order valence-corrected chi connectivity index (χ1v) is 4.73. The summed E-state index contributed by atoms with van der Waals surface area (Å²) in [4.78, 5) is 0. The average Bonchev–Trinajstić information content (AvgIpc) is 2.46. The smallest absolute Gasteiger partial charge is 0.123 e. The average molecular weight is 199 g/mol. The lowest BCUT2D eigenvalue weighted by atomic mass is 10.1. The zero-order valence-corrected chi connectivity index (χ0v) is 7.92. The Hall–Kier alpha value is -0.730. The molecule has 13 heavy (non-hydrogen) atoms. The molecule has 0 saturated heterocycles. The molecule has 2 nitrogen and oxygen atoms in total. The summed E-state index contributed by atoms with van der Waals surface area (Å²) in [6, 6.07) is 5.63. The van der Waals surface area contributed by atoms with Gasteiger partial charge < -0.3 is 9.84 Å². The molecule has 0 bridgehead atoms. The number of hydrogen-bond acceptors (Lipinski definition) is 2. The van der Waals surface area contributed by atoms with E-state index in [1.165, 1.54) is 0 Å². The molecule has 1 heterocycles. The predicted octanol–water partition coefficient (Wildman–Crippen LogP) is 2.03. The summed E-state index contributed by atoms with van der Waals surface area (Å²) in [5.74, 6) is 0.905. The Morgan fingerprint density at radius 2 is 2.38 bits per heavy atom. The second-order valence-electron chi connectivity index (χ2n) is 3.21. The molecule has 70 valence electrons. The van der Waals surface area contributed by atoms with Crippen molar-refractivity contribution in [2.24, 2.45) is 0 Å². The molecule has 1 N–H and O–H groups in total. The van der Waals surface area contributed by atoms with E-state index in [9.17, 15) is 0 Å². The minimum Gasteiger partial charge on any atom is -0.490 e. The maximum Gasteiger partial charge on any atom is 0.123 e. The van der Waals surface area contributed by atoms with Gasteiger partial charge in [0, 0.05) is 24.5 Å². The van der Waals surface area contributed by atoms with E-state index in [4.69, 9.17) is 21.4 Å².